The van der Waals surface area contributed by atoms with E-state index in [9.17, 15) is 8.42 Å². The Hall–Kier alpha value is -1.11. The van der Waals surface area contributed by atoms with E-state index < -0.39 is 10.0 Å². The smallest absolute Gasteiger partial charge is 0.242 e. The second-order valence-electron chi connectivity index (χ2n) is 4.52. The molecular formula is C13H22N2O3S. The van der Waals surface area contributed by atoms with Crippen LogP contribution in [0, 0.1) is 0 Å². The zero-order valence-corrected chi connectivity index (χ0v) is 12.7. The second kappa shape index (κ2) is 6.88. The molecule has 6 heteroatoms. The highest BCUT2D eigenvalue weighted by Gasteiger charge is 2.16. The van der Waals surface area contributed by atoms with E-state index in [1.54, 1.807) is 31.4 Å². The van der Waals surface area contributed by atoms with Gasteiger partial charge in [-0.1, -0.05) is 6.92 Å². The molecule has 0 aromatic heterocycles. The molecule has 1 aromatic carbocycles. The van der Waals surface area contributed by atoms with Crippen LogP contribution in [0.15, 0.2) is 29.2 Å². The van der Waals surface area contributed by atoms with Crippen molar-refractivity contribution in [3.63, 3.8) is 0 Å². The summed E-state index contributed by atoms with van der Waals surface area (Å²) in [5.41, 5.74) is 0.890. The van der Waals surface area contributed by atoms with Crippen LogP contribution in [-0.4, -0.2) is 46.6 Å². The molecule has 0 radical (unpaired) electrons. The Morgan fingerprint density at radius 3 is 2.26 bits per heavy atom. The van der Waals surface area contributed by atoms with Gasteiger partial charge >= 0.3 is 0 Å². The van der Waals surface area contributed by atoms with Gasteiger partial charge in [-0.05, 0) is 30.7 Å². The number of nitrogens with one attached hydrogen (secondary N) is 1. The normalized spacial score (nSPS) is 13.5. The minimum absolute atomic E-state index is 0.223. The average molecular weight is 286 g/mol. The van der Waals surface area contributed by atoms with Gasteiger partial charge in [-0.2, -0.15) is 0 Å². The van der Waals surface area contributed by atoms with Crippen molar-refractivity contribution in [2.75, 3.05) is 33.1 Å². The van der Waals surface area contributed by atoms with Crippen molar-refractivity contribution in [2.45, 2.75) is 24.3 Å². The molecule has 1 atom stereocenters. The number of nitrogens with zero attached hydrogens (tertiary/aromatic N) is 1. The Morgan fingerprint density at radius 1 is 1.26 bits per heavy atom. The van der Waals surface area contributed by atoms with E-state index in [4.69, 9.17) is 4.74 Å². The minimum atomic E-state index is -3.36. The first-order chi connectivity index (χ1) is 8.91. The van der Waals surface area contributed by atoms with Gasteiger partial charge in [-0.3, -0.25) is 0 Å². The largest absolute Gasteiger partial charge is 0.383 e. The first-order valence-electron chi connectivity index (χ1n) is 6.20. The SMILES string of the molecule is CCC(COC)Nc1ccc(S(=O)(=O)N(C)C)cc1. The lowest BCUT2D eigenvalue weighted by molar-refractivity contribution is 0.184. The first kappa shape index (κ1) is 15.9. The maximum Gasteiger partial charge on any atom is 0.242 e. The van der Waals surface area contributed by atoms with Crippen molar-refractivity contribution in [1.82, 2.24) is 4.31 Å². The van der Waals surface area contributed by atoms with Crippen LogP contribution in [0.5, 0.6) is 0 Å². The molecule has 1 unspecified atom stereocenters. The highest BCUT2D eigenvalue weighted by Crippen LogP contribution is 2.17. The molecule has 19 heavy (non-hydrogen) atoms. The summed E-state index contributed by atoms with van der Waals surface area (Å²) >= 11 is 0. The molecule has 0 saturated heterocycles. The molecule has 1 rings (SSSR count). The summed E-state index contributed by atoms with van der Waals surface area (Å²) in [7, 11) is 1.35. The number of ether oxygens (including phenoxy) is 1. The third-order valence-corrected chi connectivity index (χ3v) is 4.69. The van der Waals surface area contributed by atoms with E-state index in [0.717, 1.165) is 12.1 Å². The van der Waals surface area contributed by atoms with Crippen molar-refractivity contribution >= 4 is 15.7 Å². The van der Waals surface area contributed by atoms with Gasteiger partial charge in [0.1, 0.15) is 0 Å². The van der Waals surface area contributed by atoms with Crippen molar-refractivity contribution in [3.05, 3.63) is 24.3 Å². The highest BCUT2D eigenvalue weighted by atomic mass is 32.2. The molecule has 0 fully saturated rings. The van der Waals surface area contributed by atoms with Gasteiger partial charge in [0.2, 0.25) is 10.0 Å². The van der Waals surface area contributed by atoms with E-state index in [0.29, 0.717) is 11.5 Å². The average Bonchev–Trinajstić information content (AvgIpc) is 2.38. The van der Waals surface area contributed by atoms with Crippen LogP contribution >= 0.6 is 0 Å². The molecule has 1 aromatic rings. The van der Waals surface area contributed by atoms with Crippen LogP contribution in [-0.2, 0) is 14.8 Å². The van der Waals surface area contributed by atoms with Crippen LogP contribution < -0.4 is 5.32 Å². The number of anilines is 1. The van der Waals surface area contributed by atoms with Gasteiger partial charge in [0.25, 0.3) is 0 Å². The molecule has 0 aliphatic carbocycles. The predicted molar refractivity (Wildman–Crippen MR) is 76.9 cm³/mol. The number of methoxy groups -OCH3 is 1. The predicted octanol–water partition coefficient (Wildman–Crippen LogP) is 1.77. The molecule has 0 heterocycles. The van der Waals surface area contributed by atoms with Crippen LogP contribution in [0.25, 0.3) is 0 Å². The van der Waals surface area contributed by atoms with Gasteiger partial charge in [0.15, 0.2) is 0 Å². The summed E-state index contributed by atoms with van der Waals surface area (Å²) in [6, 6.07) is 6.99. The summed E-state index contributed by atoms with van der Waals surface area (Å²) in [6.07, 6.45) is 0.936. The Balaban J connectivity index is 2.82. The van der Waals surface area contributed by atoms with Crippen LogP contribution in [0.4, 0.5) is 5.69 Å². The van der Waals surface area contributed by atoms with Crippen LogP contribution in [0.3, 0.4) is 0 Å². The lowest BCUT2D eigenvalue weighted by Gasteiger charge is -2.18. The van der Waals surface area contributed by atoms with Gasteiger partial charge in [-0.25, -0.2) is 12.7 Å². The Labute approximate surface area is 115 Å². The lowest BCUT2D eigenvalue weighted by Crippen LogP contribution is -2.24. The van der Waals surface area contributed by atoms with Gasteiger partial charge in [-0.15, -0.1) is 0 Å². The van der Waals surface area contributed by atoms with E-state index >= 15 is 0 Å². The van der Waals surface area contributed by atoms with E-state index in [1.165, 1.54) is 18.4 Å². The first-order valence-corrected chi connectivity index (χ1v) is 7.64. The van der Waals surface area contributed by atoms with E-state index in [2.05, 4.69) is 12.2 Å². The number of rotatable bonds is 7. The zero-order valence-electron chi connectivity index (χ0n) is 11.9. The highest BCUT2D eigenvalue weighted by molar-refractivity contribution is 7.89. The third-order valence-electron chi connectivity index (χ3n) is 2.86. The summed E-state index contributed by atoms with van der Waals surface area (Å²) in [6.45, 7) is 2.69. The molecule has 1 N–H and O–H groups in total. The molecule has 0 saturated carbocycles. The monoisotopic (exact) mass is 286 g/mol. The van der Waals surface area contributed by atoms with Crippen LogP contribution in [0.2, 0.25) is 0 Å². The Bertz CT molecular complexity index is 483. The van der Waals surface area contributed by atoms with Crippen molar-refractivity contribution in [1.29, 1.82) is 0 Å². The Morgan fingerprint density at radius 2 is 1.84 bits per heavy atom. The summed E-state index contributed by atoms with van der Waals surface area (Å²) in [5, 5.41) is 3.30. The van der Waals surface area contributed by atoms with Crippen molar-refractivity contribution < 1.29 is 13.2 Å². The molecular weight excluding hydrogens is 264 g/mol. The van der Waals surface area contributed by atoms with Gasteiger partial charge in [0.05, 0.1) is 11.5 Å². The number of benzene rings is 1. The van der Waals surface area contributed by atoms with Crippen molar-refractivity contribution in [2.24, 2.45) is 0 Å². The number of hydrogen-bond acceptors (Lipinski definition) is 4. The fraction of sp³-hybridized carbons (Fsp3) is 0.538. The summed E-state index contributed by atoms with van der Waals surface area (Å²) < 4.78 is 30.1. The minimum Gasteiger partial charge on any atom is -0.383 e. The molecule has 0 bridgehead atoms. The standard InChI is InChI=1S/C13H22N2O3S/c1-5-11(10-18-4)14-12-6-8-13(9-7-12)19(16,17)15(2)3/h6-9,11,14H,5,10H2,1-4H3. The number of sulfonamides is 1. The molecule has 0 aliphatic rings. The van der Waals surface area contributed by atoms with Gasteiger partial charge < -0.3 is 10.1 Å². The van der Waals surface area contributed by atoms with E-state index in [1.807, 2.05) is 0 Å². The van der Waals surface area contributed by atoms with Crippen molar-refractivity contribution in [3.8, 4) is 0 Å². The molecule has 0 amide bonds. The fourth-order valence-corrected chi connectivity index (χ4v) is 2.53. The molecule has 108 valence electrons. The molecule has 0 spiro atoms. The quantitative estimate of drug-likeness (QED) is 0.830. The maximum atomic E-state index is 11.9. The Kier molecular flexibility index (Phi) is 5.78. The second-order valence-corrected chi connectivity index (χ2v) is 6.67. The maximum absolute atomic E-state index is 11.9. The molecule has 5 nitrogen and oxygen atoms in total. The lowest BCUT2D eigenvalue weighted by atomic mass is 10.2. The van der Waals surface area contributed by atoms with Crippen LogP contribution in [0.1, 0.15) is 13.3 Å². The zero-order chi connectivity index (χ0) is 14.5. The fourth-order valence-electron chi connectivity index (χ4n) is 1.63. The summed E-state index contributed by atoms with van der Waals surface area (Å²) in [5.74, 6) is 0. The van der Waals surface area contributed by atoms with Gasteiger partial charge in [0, 0.05) is 32.9 Å². The molecule has 0 aliphatic heterocycles. The van der Waals surface area contributed by atoms with E-state index in [-0.39, 0.29) is 6.04 Å². The number of hydrogen-bond donors (Lipinski definition) is 1. The topological polar surface area (TPSA) is 58.6 Å². The third kappa shape index (κ3) is 4.19. The summed E-state index contributed by atoms with van der Waals surface area (Å²) in [4.78, 5) is 0.294.